The van der Waals surface area contributed by atoms with E-state index < -0.39 is 0 Å². The second-order valence-corrected chi connectivity index (χ2v) is 4.83. The highest BCUT2D eigenvalue weighted by atomic mass is 16.1. The Morgan fingerprint density at radius 1 is 1.65 bits per heavy atom. The second kappa shape index (κ2) is 5.31. The van der Waals surface area contributed by atoms with Crippen molar-refractivity contribution in [2.24, 2.45) is 11.7 Å². The standard InChI is InChI=1S/C12H20N4O/c1-8(11-14-5-6-15-11)16-12(17)9-3-2-4-10(13)7-9/h5-6,8-10H,2-4,7,13H2,1H3,(H,14,15)(H,16,17). The summed E-state index contributed by atoms with van der Waals surface area (Å²) in [6, 6.07) is 0.106. The van der Waals surface area contributed by atoms with Crippen molar-refractivity contribution in [3.8, 4) is 0 Å². The lowest BCUT2D eigenvalue weighted by molar-refractivity contribution is -0.126. The Morgan fingerprint density at radius 3 is 3.12 bits per heavy atom. The largest absolute Gasteiger partial charge is 0.347 e. The molecule has 0 radical (unpaired) electrons. The van der Waals surface area contributed by atoms with Gasteiger partial charge in [-0.25, -0.2) is 4.98 Å². The van der Waals surface area contributed by atoms with Gasteiger partial charge >= 0.3 is 0 Å². The molecular formula is C12H20N4O. The van der Waals surface area contributed by atoms with Gasteiger partial charge in [-0.3, -0.25) is 4.79 Å². The number of nitrogens with zero attached hydrogens (tertiary/aromatic N) is 1. The highest BCUT2D eigenvalue weighted by molar-refractivity contribution is 5.79. The number of amides is 1. The number of aromatic amines is 1. The van der Waals surface area contributed by atoms with E-state index in [0.717, 1.165) is 31.5 Å². The van der Waals surface area contributed by atoms with E-state index in [-0.39, 0.29) is 23.9 Å². The monoisotopic (exact) mass is 236 g/mol. The molecule has 5 heteroatoms. The number of rotatable bonds is 3. The third-order valence-electron chi connectivity index (χ3n) is 3.37. The lowest BCUT2D eigenvalue weighted by atomic mass is 9.85. The first kappa shape index (κ1) is 12.1. The summed E-state index contributed by atoms with van der Waals surface area (Å²) in [6.07, 6.45) is 7.29. The molecule has 1 aliphatic rings. The van der Waals surface area contributed by atoms with Gasteiger partial charge in [-0.1, -0.05) is 6.42 Å². The number of carbonyl (C=O) groups excluding carboxylic acids is 1. The van der Waals surface area contributed by atoms with Crippen LogP contribution in [0, 0.1) is 5.92 Å². The molecule has 0 saturated heterocycles. The minimum Gasteiger partial charge on any atom is -0.347 e. The molecule has 5 nitrogen and oxygen atoms in total. The normalized spacial score (nSPS) is 26.5. The first-order valence-electron chi connectivity index (χ1n) is 6.22. The second-order valence-electron chi connectivity index (χ2n) is 4.83. The van der Waals surface area contributed by atoms with Crippen LogP contribution in [0.3, 0.4) is 0 Å². The topological polar surface area (TPSA) is 83.8 Å². The van der Waals surface area contributed by atoms with E-state index in [0.29, 0.717) is 0 Å². The summed E-state index contributed by atoms with van der Waals surface area (Å²) in [5, 5.41) is 2.98. The molecule has 3 atom stereocenters. The third kappa shape index (κ3) is 3.06. The number of nitrogens with two attached hydrogens (primary N) is 1. The Balaban J connectivity index is 1.88. The van der Waals surface area contributed by atoms with Crippen molar-refractivity contribution in [2.45, 2.75) is 44.7 Å². The van der Waals surface area contributed by atoms with Crippen molar-refractivity contribution in [2.75, 3.05) is 0 Å². The quantitative estimate of drug-likeness (QED) is 0.735. The number of carbonyl (C=O) groups is 1. The maximum atomic E-state index is 12.0. The zero-order chi connectivity index (χ0) is 12.3. The Kier molecular flexibility index (Phi) is 3.78. The molecule has 1 aliphatic carbocycles. The molecule has 1 saturated carbocycles. The van der Waals surface area contributed by atoms with E-state index in [9.17, 15) is 4.79 Å². The Morgan fingerprint density at radius 2 is 2.47 bits per heavy atom. The molecule has 0 aliphatic heterocycles. The van der Waals surface area contributed by atoms with Crippen molar-refractivity contribution in [3.63, 3.8) is 0 Å². The van der Waals surface area contributed by atoms with E-state index >= 15 is 0 Å². The first-order chi connectivity index (χ1) is 8.16. The number of aromatic nitrogens is 2. The van der Waals surface area contributed by atoms with Crippen molar-refractivity contribution in [1.29, 1.82) is 0 Å². The van der Waals surface area contributed by atoms with E-state index in [1.165, 1.54) is 0 Å². The zero-order valence-electron chi connectivity index (χ0n) is 10.1. The van der Waals surface area contributed by atoms with Crippen molar-refractivity contribution < 1.29 is 4.79 Å². The lowest BCUT2D eigenvalue weighted by Crippen LogP contribution is -2.38. The van der Waals surface area contributed by atoms with Gasteiger partial charge in [0, 0.05) is 24.4 Å². The number of H-pyrrole nitrogens is 1. The highest BCUT2D eigenvalue weighted by Gasteiger charge is 2.26. The van der Waals surface area contributed by atoms with E-state index in [1.807, 2.05) is 6.92 Å². The molecule has 1 aromatic heterocycles. The Labute approximate surface area is 101 Å². The summed E-state index contributed by atoms with van der Waals surface area (Å²) in [5.41, 5.74) is 5.89. The van der Waals surface area contributed by atoms with Crippen LogP contribution in [-0.4, -0.2) is 21.9 Å². The van der Waals surface area contributed by atoms with Crippen LogP contribution in [0.4, 0.5) is 0 Å². The average Bonchev–Trinajstić information content (AvgIpc) is 2.82. The number of imidazole rings is 1. The van der Waals surface area contributed by atoms with Gasteiger partial charge in [-0.05, 0) is 26.2 Å². The maximum Gasteiger partial charge on any atom is 0.223 e. The fourth-order valence-corrected chi connectivity index (χ4v) is 2.38. The van der Waals surface area contributed by atoms with Crippen LogP contribution in [-0.2, 0) is 4.79 Å². The summed E-state index contributed by atoms with van der Waals surface area (Å²) in [5.74, 6) is 0.957. The molecule has 1 amide bonds. The minimum absolute atomic E-state index is 0.0659. The van der Waals surface area contributed by atoms with E-state index in [4.69, 9.17) is 5.73 Å². The van der Waals surface area contributed by atoms with Crippen LogP contribution in [0.5, 0.6) is 0 Å². The molecule has 3 unspecified atom stereocenters. The molecule has 94 valence electrons. The van der Waals surface area contributed by atoms with Gasteiger partial charge in [-0.2, -0.15) is 0 Å². The van der Waals surface area contributed by atoms with Gasteiger partial charge < -0.3 is 16.0 Å². The van der Waals surface area contributed by atoms with Crippen LogP contribution < -0.4 is 11.1 Å². The molecule has 0 bridgehead atoms. The predicted octanol–water partition coefficient (Wildman–Crippen LogP) is 1.10. The average molecular weight is 236 g/mol. The summed E-state index contributed by atoms with van der Waals surface area (Å²) in [7, 11) is 0. The Hall–Kier alpha value is -1.36. The van der Waals surface area contributed by atoms with Crippen LogP contribution in [0.2, 0.25) is 0 Å². The predicted molar refractivity (Wildman–Crippen MR) is 65.1 cm³/mol. The van der Waals surface area contributed by atoms with Gasteiger partial charge in [0.1, 0.15) is 5.82 Å². The summed E-state index contributed by atoms with van der Waals surface area (Å²) >= 11 is 0. The van der Waals surface area contributed by atoms with Crippen LogP contribution in [0.15, 0.2) is 12.4 Å². The van der Waals surface area contributed by atoms with Gasteiger partial charge in [0.15, 0.2) is 0 Å². The first-order valence-corrected chi connectivity index (χ1v) is 6.22. The van der Waals surface area contributed by atoms with Crippen LogP contribution >= 0.6 is 0 Å². The number of hydrogen-bond donors (Lipinski definition) is 3. The van der Waals surface area contributed by atoms with Gasteiger partial charge in [0.2, 0.25) is 5.91 Å². The number of hydrogen-bond acceptors (Lipinski definition) is 3. The van der Waals surface area contributed by atoms with E-state index in [2.05, 4.69) is 15.3 Å². The smallest absolute Gasteiger partial charge is 0.223 e. The van der Waals surface area contributed by atoms with Crippen molar-refractivity contribution in [1.82, 2.24) is 15.3 Å². The highest BCUT2D eigenvalue weighted by Crippen LogP contribution is 2.23. The zero-order valence-corrected chi connectivity index (χ0v) is 10.1. The van der Waals surface area contributed by atoms with Gasteiger partial charge in [-0.15, -0.1) is 0 Å². The number of nitrogens with one attached hydrogen (secondary N) is 2. The summed E-state index contributed by atoms with van der Waals surface area (Å²) < 4.78 is 0. The van der Waals surface area contributed by atoms with Crippen molar-refractivity contribution in [3.05, 3.63) is 18.2 Å². The molecule has 0 spiro atoms. The van der Waals surface area contributed by atoms with Crippen molar-refractivity contribution >= 4 is 5.91 Å². The summed E-state index contributed by atoms with van der Waals surface area (Å²) in [6.45, 7) is 1.93. The van der Waals surface area contributed by atoms with Gasteiger partial charge in [0.25, 0.3) is 0 Å². The molecular weight excluding hydrogens is 216 g/mol. The molecule has 4 N–H and O–H groups in total. The van der Waals surface area contributed by atoms with Crippen LogP contribution in [0.1, 0.15) is 44.5 Å². The summed E-state index contributed by atoms with van der Waals surface area (Å²) in [4.78, 5) is 19.2. The molecule has 1 aromatic rings. The Bertz CT molecular complexity index is 363. The van der Waals surface area contributed by atoms with Gasteiger partial charge in [0.05, 0.1) is 6.04 Å². The fourth-order valence-electron chi connectivity index (χ4n) is 2.38. The molecule has 1 heterocycles. The fraction of sp³-hybridized carbons (Fsp3) is 0.667. The minimum atomic E-state index is -0.0735. The van der Waals surface area contributed by atoms with Crippen LogP contribution in [0.25, 0.3) is 0 Å². The molecule has 0 aromatic carbocycles. The molecule has 1 fully saturated rings. The molecule has 2 rings (SSSR count). The molecule has 17 heavy (non-hydrogen) atoms. The van der Waals surface area contributed by atoms with E-state index in [1.54, 1.807) is 12.4 Å². The third-order valence-corrected chi connectivity index (χ3v) is 3.37. The lowest BCUT2D eigenvalue weighted by Gasteiger charge is -2.26. The SMILES string of the molecule is CC(NC(=O)C1CCCC(N)C1)c1ncc[nH]1. The maximum absolute atomic E-state index is 12.0.